The lowest BCUT2D eigenvalue weighted by Gasteiger charge is -2.37. The van der Waals surface area contributed by atoms with Gasteiger partial charge in [0.15, 0.2) is 0 Å². The monoisotopic (exact) mass is 352 g/mol. The molecule has 0 N–H and O–H groups in total. The van der Waals surface area contributed by atoms with Crippen molar-refractivity contribution in [2.75, 3.05) is 7.11 Å². The molecule has 2 rings (SSSR count). The van der Waals surface area contributed by atoms with Crippen molar-refractivity contribution in [3.63, 3.8) is 0 Å². The van der Waals surface area contributed by atoms with E-state index in [4.69, 9.17) is 4.74 Å². The summed E-state index contributed by atoms with van der Waals surface area (Å²) in [6.07, 6.45) is 3.58. The highest BCUT2D eigenvalue weighted by Crippen LogP contribution is 2.40. The molecule has 0 amide bonds. The number of carbonyl (C=O) groups is 1. The number of methoxy groups -OCH3 is 1. The molecule has 21 heavy (non-hydrogen) atoms. The maximum absolute atomic E-state index is 12.3. The van der Waals surface area contributed by atoms with Gasteiger partial charge in [0.1, 0.15) is 11.5 Å². The highest BCUT2D eigenvalue weighted by atomic mass is 79.9. The molecule has 2 nitrogen and oxygen atoms in total. The number of Topliss-reactive ketones (excluding diaryl/α,β-unsaturated/α-hetero) is 1. The Morgan fingerprint density at radius 3 is 2.67 bits per heavy atom. The highest BCUT2D eigenvalue weighted by molar-refractivity contribution is 9.10. The van der Waals surface area contributed by atoms with Gasteiger partial charge in [0.05, 0.1) is 7.11 Å². The van der Waals surface area contributed by atoms with Crippen LogP contribution in [0.25, 0.3) is 0 Å². The first kappa shape index (κ1) is 16.5. The topological polar surface area (TPSA) is 26.3 Å². The molecule has 1 aliphatic rings. The summed E-state index contributed by atoms with van der Waals surface area (Å²) >= 11 is 3.59. The third kappa shape index (κ3) is 4.09. The molecule has 1 aliphatic carbocycles. The molecule has 0 heterocycles. The average Bonchev–Trinajstić information content (AvgIpc) is 2.42. The fourth-order valence-corrected chi connectivity index (χ4v) is 3.61. The predicted molar refractivity (Wildman–Crippen MR) is 89.7 cm³/mol. The standard InChI is InChI=1S/C18H25BrO2/c1-18(2,3)14-5-8-17(20)13(10-14)9-12-11-15(21-4)6-7-16(12)19/h6-7,11,13-14H,5,8-10H2,1-4H3. The van der Waals surface area contributed by atoms with Gasteiger partial charge in [-0.1, -0.05) is 36.7 Å². The van der Waals surface area contributed by atoms with E-state index < -0.39 is 0 Å². The lowest BCUT2D eigenvalue weighted by atomic mass is 9.67. The summed E-state index contributed by atoms with van der Waals surface area (Å²) in [5.41, 5.74) is 1.45. The normalized spacial score (nSPS) is 23.2. The van der Waals surface area contributed by atoms with Crippen LogP contribution in [0.2, 0.25) is 0 Å². The average molecular weight is 353 g/mol. The van der Waals surface area contributed by atoms with Crippen LogP contribution >= 0.6 is 15.9 Å². The zero-order valence-electron chi connectivity index (χ0n) is 13.4. The van der Waals surface area contributed by atoms with E-state index in [1.165, 1.54) is 5.56 Å². The molecule has 0 radical (unpaired) electrons. The number of hydrogen-bond acceptors (Lipinski definition) is 2. The fraction of sp³-hybridized carbons (Fsp3) is 0.611. The van der Waals surface area contributed by atoms with Crippen LogP contribution in [0.5, 0.6) is 5.75 Å². The van der Waals surface area contributed by atoms with Crippen LogP contribution in [0.1, 0.15) is 45.6 Å². The highest BCUT2D eigenvalue weighted by Gasteiger charge is 2.35. The Labute approximate surface area is 136 Å². The van der Waals surface area contributed by atoms with Crippen molar-refractivity contribution in [1.29, 1.82) is 0 Å². The van der Waals surface area contributed by atoms with E-state index in [0.29, 0.717) is 11.7 Å². The summed E-state index contributed by atoms with van der Waals surface area (Å²) in [6.45, 7) is 6.85. The lowest BCUT2D eigenvalue weighted by molar-refractivity contribution is -0.126. The van der Waals surface area contributed by atoms with Crippen LogP contribution in [-0.2, 0) is 11.2 Å². The van der Waals surface area contributed by atoms with Crippen LogP contribution in [0.3, 0.4) is 0 Å². The number of ether oxygens (including phenoxy) is 1. The smallest absolute Gasteiger partial charge is 0.136 e. The van der Waals surface area contributed by atoms with E-state index in [1.54, 1.807) is 7.11 Å². The number of hydrogen-bond donors (Lipinski definition) is 0. The van der Waals surface area contributed by atoms with Crippen LogP contribution < -0.4 is 4.74 Å². The first-order chi connectivity index (χ1) is 9.81. The largest absolute Gasteiger partial charge is 0.497 e. The minimum atomic E-state index is 0.145. The number of halogens is 1. The van der Waals surface area contributed by atoms with Gasteiger partial charge in [0.2, 0.25) is 0 Å². The first-order valence-corrected chi connectivity index (χ1v) is 8.45. The van der Waals surface area contributed by atoms with Gasteiger partial charge in [-0.15, -0.1) is 0 Å². The second-order valence-corrected chi connectivity index (χ2v) is 8.02. The predicted octanol–water partition coefficient (Wildman–Crippen LogP) is 5.03. The van der Waals surface area contributed by atoms with E-state index in [9.17, 15) is 4.79 Å². The third-order valence-corrected chi connectivity index (χ3v) is 5.48. The second kappa shape index (κ2) is 6.51. The van der Waals surface area contributed by atoms with Crippen molar-refractivity contribution in [3.8, 4) is 5.75 Å². The van der Waals surface area contributed by atoms with Crippen molar-refractivity contribution in [1.82, 2.24) is 0 Å². The SMILES string of the molecule is COc1ccc(Br)c(CC2CC(C(C)(C)C)CCC2=O)c1. The Kier molecular flexibility index (Phi) is 5.13. The quantitative estimate of drug-likeness (QED) is 0.762. The molecule has 0 spiro atoms. The Balaban J connectivity index is 2.15. The van der Waals surface area contributed by atoms with E-state index in [0.717, 1.165) is 35.9 Å². The number of carbonyl (C=O) groups excluding carboxylic acids is 1. The van der Waals surface area contributed by atoms with Crippen molar-refractivity contribution < 1.29 is 9.53 Å². The molecular formula is C18H25BrO2. The minimum Gasteiger partial charge on any atom is -0.497 e. The van der Waals surface area contributed by atoms with Gasteiger partial charge in [-0.25, -0.2) is 0 Å². The zero-order chi connectivity index (χ0) is 15.6. The molecule has 1 aromatic rings. The summed E-state index contributed by atoms with van der Waals surface area (Å²) in [4.78, 5) is 12.3. The van der Waals surface area contributed by atoms with Crippen LogP contribution in [0.4, 0.5) is 0 Å². The number of ketones is 1. The van der Waals surface area contributed by atoms with Gasteiger partial charge in [-0.3, -0.25) is 4.79 Å². The van der Waals surface area contributed by atoms with E-state index in [-0.39, 0.29) is 11.3 Å². The van der Waals surface area contributed by atoms with Crippen LogP contribution in [0.15, 0.2) is 22.7 Å². The molecule has 1 aromatic carbocycles. The van der Waals surface area contributed by atoms with Gasteiger partial charge in [0, 0.05) is 16.8 Å². The molecule has 0 saturated heterocycles. The Morgan fingerprint density at radius 1 is 1.33 bits per heavy atom. The van der Waals surface area contributed by atoms with Crippen molar-refractivity contribution in [2.24, 2.45) is 17.3 Å². The maximum Gasteiger partial charge on any atom is 0.136 e. The Bertz CT molecular complexity index is 516. The zero-order valence-corrected chi connectivity index (χ0v) is 15.0. The number of rotatable bonds is 3. The van der Waals surface area contributed by atoms with Crippen molar-refractivity contribution >= 4 is 21.7 Å². The summed E-state index contributed by atoms with van der Waals surface area (Å²) in [5.74, 6) is 2.05. The fourth-order valence-electron chi connectivity index (χ4n) is 3.20. The molecule has 0 bridgehead atoms. The van der Waals surface area contributed by atoms with Gasteiger partial charge in [0.25, 0.3) is 0 Å². The van der Waals surface area contributed by atoms with Crippen molar-refractivity contribution in [2.45, 2.75) is 46.5 Å². The molecule has 1 fully saturated rings. The second-order valence-electron chi connectivity index (χ2n) is 7.16. The molecule has 2 unspecified atom stereocenters. The molecule has 0 aromatic heterocycles. The Hall–Kier alpha value is -0.830. The summed E-state index contributed by atoms with van der Waals surface area (Å²) in [7, 11) is 1.68. The maximum atomic E-state index is 12.3. The van der Waals surface area contributed by atoms with E-state index in [2.05, 4.69) is 36.7 Å². The van der Waals surface area contributed by atoms with E-state index in [1.807, 2.05) is 18.2 Å². The molecular weight excluding hydrogens is 328 g/mol. The summed E-state index contributed by atoms with van der Waals surface area (Å²) in [5, 5.41) is 0. The molecule has 3 heteroatoms. The molecule has 116 valence electrons. The van der Waals surface area contributed by atoms with Gasteiger partial charge in [-0.05, 0) is 54.4 Å². The summed E-state index contributed by atoms with van der Waals surface area (Å²) < 4.78 is 6.36. The van der Waals surface area contributed by atoms with Gasteiger partial charge >= 0.3 is 0 Å². The lowest BCUT2D eigenvalue weighted by Crippen LogP contribution is -2.33. The number of benzene rings is 1. The Morgan fingerprint density at radius 2 is 2.05 bits per heavy atom. The van der Waals surface area contributed by atoms with E-state index >= 15 is 0 Å². The minimum absolute atomic E-state index is 0.145. The molecule has 0 aliphatic heterocycles. The van der Waals surface area contributed by atoms with Gasteiger partial charge in [-0.2, -0.15) is 0 Å². The van der Waals surface area contributed by atoms with Crippen LogP contribution in [0, 0.1) is 17.3 Å². The first-order valence-electron chi connectivity index (χ1n) is 7.66. The van der Waals surface area contributed by atoms with Crippen LogP contribution in [-0.4, -0.2) is 12.9 Å². The summed E-state index contributed by atoms with van der Waals surface area (Å²) in [6, 6.07) is 5.98. The van der Waals surface area contributed by atoms with Gasteiger partial charge < -0.3 is 4.74 Å². The van der Waals surface area contributed by atoms with Crippen molar-refractivity contribution in [3.05, 3.63) is 28.2 Å². The third-order valence-electron chi connectivity index (χ3n) is 4.71. The molecule has 1 saturated carbocycles. The molecule has 2 atom stereocenters.